The smallest absolute Gasteiger partial charge is 0.335 e. The Morgan fingerprint density at radius 3 is 2.78 bits per heavy atom. The molecule has 1 aliphatic carbocycles. The lowest BCUT2D eigenvalue weighted by Crippen LogP contribution is -2.07. The van der Waals surface area contributed by atoms with E-state index in [1.165, 1.54) is 0 Å². The molecule has 27 heavy (non-hydrogen) atoms. The molecule has 0 bridgehead atoms. The number of carboxylic acid groups (broad SMARTS) is 1. The molecule has 140 valence electrons. The van der Waals surface area contributed by atoms with Gasteiger partial charge in [0.05, 0.1) is 35.3 Å². The normalized spacial score (nSPS) is 14.1. The summed E-state index contributed by atoms with van der Waals surface area (Å²) in [5, 5.41) is 15.3. The number of ether oxygens (including phenoxy) is 1. The highest BCUT2D eigenvalue weighted by molar-refractivity contribution is 6.32. The van der Waals surface area contributed by atoms with Gasteiger partial charge in [-0.15, -0.1) is 0 Å². The number of fused-ring (bicyclic) bond motifs is 1. The van der Waals surface area contributed by atoms with Crippen LogP contribution < -0.4 is 4.74 Å². The van der Waals surface area contributed by atoms with Crippen LogP contribution in [-0.2, 0) is 0 Å². The first-order valence-electron chi connectivity index (χ1n) is 8.98. The lowest BCUT2D eigenvalue weighted by Gasteiger charge is -2.10. The van der Waals surface area contributed by atoms with Gasteiger partial charge in [0.1, 0.15) is 5.02 Å². The zero-order valence-corrected chi connectivity index (χ0v) is 15.9. The van der Waals surface area contributed by atoms with Gasteiger partial charge in [0, 0.05) is 11.3 Å². The van der Waals surface area contributed by atoms with E-state index in [1.54, 1.807) is 35.1 Å². The maximum atomic E-state index is 11.3. The first-order valence-corrected chi connectivity index (χ1v) is 9.36. The van der Waals surface area contributed by atoms with Crippen molar-refractivity contribution in [1.82, 2.24) is 14.8 Å². The van der Waals surface area contributed by atoms with Crippen molar-refractivity contribution in [1.29, 1.82) is 0 Å². The average molecular weight is 386 g/mol. The minimum atomic E-state index is -0.942. The van der Waals surface area contributed by atoms with Crippen LogP contribution in [0.2, 0.25) is 5.02 Å². The molecule has 1 fully saturated rings. The molecule has 1 N–H and O–H groups in total. The van der Waals surface area contributed by atoms with Crippen LogP contribution in [0.15, 0.2) is 30.5 Å². The fourth-order valence-corrected chi connectivity index (χ4v) is 3.23. The van der Waals surface area contributed by atoms with Gasteiger partial charge in [0.25, 0.3) is 0 Å². The van der Waals surface area contributed by atoms with Gasteiger partial charge >= 0.3 is 5.97 Å². The number of carboxylic acids is 1. The number of pyridine rings is 1. The topological polar surface area (TPSA) is 77.2 Å². The van der Waals surface area contributed by atoms with E-state index in [0.717, 1.165) is 35.1 Å². The number of carbonyl (C=O) groups is 1. The minimum Gasteiger partial charge on any atom is -0.478 e. The molecule has 0 atom stereocenters. The van der Waals surface area contributed by atoms with Gasteiger partial charge in [-0.2, -0.15) is 5.10 Å². The van der Waals surface area contributed by atoms with Crippen LogP contribution in [0.1, 0.15) is 48.7 Å². The summed E-state index contributed by atoms with van der Waals surface area (Å²) in [5.41, 5.74) is 2.76. The van der Waals surface area contributed by atoms with Crippen LogP contribution in [0.4, 0.5) is 0 Å². The van der Waals surface area contributed by atoms with Crippen molar-refractivity contribution in [2.75, 3.05) is 6.61 Å². The van der Waals surface area contributed by atoms with Crippen LogP contribution >= 0.6 is 11.6 Å². The van der Waals surface area contributed by atoms with Crippen molar-refractivity contribution < 1.29 is 14.6 Å². The van der Waals surface area contributed by atoms with Crippen molar-refractivity contribution in [3.63, 3.8) is 0 Å². The Bertz CT molecular complexity index is 1020. The van der Waals surface area contributed by atoms with E-state index in [-0.39, 0.29) is 5.56 Å². The van der Waals surface area contributed by atoms with E-state index in [4.69, 9.17) is 21.4 Å². The lowest BCUT2D eigenvalue weighted by atomic mass is 10.1. The summed E-state index contributed by atoms with van der Waals surface area (Å²) in [7, 11) is 0. The predicted molar refractivity (Wildman–Crippen MR) is 103 cm³/mol. The fraction of sp³-hybridized carbons (Fsp3) is 0.350. The quantitative estimate of drug-likeness (QED) is 0.666. The van der Waals surface area contributed by atoms with Gasteiger partial charge in [-0.05, 0) is 43.0 Å². The van der Waals surface area contributed by atoms with E-state index < -0.39 is 5.97 Å². The van der Waals surface area contributed by atoms with Crippen LogP contribution in [0.25, 0.3) is 16.6 Å². The van der Waals surface area contributed by atoms with E-state index in [0.29, 0.717) is 29.3 Å². The van der Waals surface area contributed by atoms with Crippen LogP contribution in [0.3, 0.4) is 0 Å². The molecule has 0 saturated heterocycles. The fourth-order valence-electron chi connectivity index (χ4n) is 3.01. The SMILES string of the molecule is CC(C)COc1ncc(-n2nc(C3CC3)c3cc(C(=O)O)ccc32)cc1Cl. The molecule has 0 radical (unpaired) electrons. The van der Waals surface area contributed by atoms with Gasteiger partial charge in [-0.3, -0.25) is 0 Å². The number of hydrogen-bond acceptors (Lipinski definition) is 4. The van der Waals surface area contributed by atoms with Crippen LogP contribution in [-0.4, -0.2) is 32.4 Å². The summed E-state index contributed by atoms with van der Waals surface area (Å²) >= 11 is 6.36. The van der Waals surface area contributed by atoms with E-state index in [1.807, 2.05) is 0 Å². The molecule has 1 aliphatic rings. The Hall–Kier alpha value is -2.60. The standard InChI is InChI=1S/C20H20ClN3O3/c1-11(2)10-27-19-16(21)8-14(9-22-19)24-17-6-5-13(20(25)26)7-15(17)18(23-24)12-3-4-12/h5-9,11-12H,3-4,10H2,1-2H3,(H,25,26). The second kappa shape index (κ2) is 6.85. The molecule has 4 rings (SSSR count). The Kier molecular flexibility index (Phi) is 4.52. The Morgan fingerprint density at radius 1 is 1.37 bits per heavy atom. The molecule has 1 aromatic carbocycles. The molecule has 0 spiro atoms. The number of benzene rings is 1. The molecular formula is C20H20ClN3O3. The lowest BCUT2D eigenvalue weighted by molar-refractivity contribution is 0.0697. The molecule has 2 aromatic heterocycles. The Morgan fingerprint density at radius 2 is 2.15 bits per heavy atom. The summed E-state index contributed by atoms with van der Waals surface area (Å²) in [6.07, 6.45) is 3.82. The van der Waals surface area contributed by atoms with Crippen LogP contribution in [0, 0.1) is 5.92 Å². The molecule has 1 saturated carbocycles. The molecular weight excluding hydrogens is 366 g/mol. The molecule has 0 amide bonds. The van der Waals surface area contributed by atoms with Gasteiger partial charge < -0.3 is 9.84 Å². The molecule has 0 unspecified atom stereocenters. The second-order valence-electron chi connectivity index (χ2n) is 7.29. The number of hydrogen-bond donors (Lipinski definition) is 1. The summed E-state index contributed by atoms with van der Waals surface area (Å²) in [5.74, 6) is 0.223. The average Bonchev–Trinajstić information content (AvgIpc) is 3.40. The third kappa shape index (κ3) is 3.49. The maximum absolute atomic E-state index is 11.3. The molecule has 7 heteroatoms. The van der Waals surface area contributed by atoms with Crippen LogP contribution in [0.5, 0.6) is 5.88 Å². The summed E-state index contributed by atoms with van der Waals surface area (Å²) in [6.45, 7) is 4.66. The first-order chi connectivity index (χ1) is 12.9. The van der Waals surface area contributed by atoms with Gasteiger partial charge in [-0.25, -0.2) is 14.5 Å². The van der Waals surface area contributed by atoms with Crippen molar-refractivity contribution in [2.45, 2.75) is 32.6 Å². The van der Waals surface area contributed by atoms with Gasteiger partial charge in [0.15, 0.2) is 0 Å². The monoisotopic (exact) mass is 385 g/mol. The highest BCUT2D eigenvalue weighted by Crippen LogP contribution is 2.43. The number of nitrogens with zero attached hydrogens (tertiary/aromatic N) is 3. The summed E-state index contributed by atoms with van der Waals surface area (Å²) in [6, 6.07) is 6.85. The number of aromatic carboxylic acids is 1. The van der Waals surface area contributed by atoms with E-state index in [2.05, 4.69) is 18.8 Å². The van der Waals surface area contributed by atoms with E-state index >= 15 is 0 Å². The minimum absolute atomic E-state index is 0.262. The third-order valence-corrected chi connectivity index (χ3v) is 4.78. The highest BCUT2D eigenvalue weighted by atomic mass is 35.5. The molecule has 2 heterocycles. The van der Waals surface area contributed by atoms with Crippen molar-refractivity contribution in [2.24, 2.45) is 5.92 Å². The number of rotatable bonds is 6. The maximum Gasteiger partial charge on any atom is 0.335 e. The number of halogens is 1. The van der Waals surface area contributed by atoms with Crippen molar-refractivity contribution >= 4 is 28.5 Å². The largest absolute Gasteiger partial charge is 0.478 e. The van der Waals surface area contributed by atoms with Crippen molar-refractivity contribution in [3.8, 4) is 11.6 Å². The molecule has 0 aliphatic heterocycles. The first kappa shape index (κ1) is 17.8. The summed E-state index contributed by atoms with van der Waals surface area (Å²) < 4.78 is 7.41. The van der Waals surface area contributed by atoms with E-state index in [9.17, 15) is 9.90 Å². The molecule has 3 aromatic rings. The van der Waals surface area contributed by atoms with Gasteiger partial charge in [0.2, 0.25) is 5.88 Å². The second-order valence-corrected chi connectivity index (χ2v) is 7.70. The molecule has 6 nitrogen and oxygen atoms in total. The zero-order valence-electron chi connectivity index (χ0n) is 15.1. The Balaban J connectivity index is 1.77. The number of aromatic nitrogens is 3. The summed E-state index contributed by atoms with van der Waals surface area (Å²) in [4.78, 5) is 15.7. The third-order valence-electron chi connectivity index (χ3n) is 4.51. The van der Waals surface area contributed by atoms with Crippen molar-refractivity contribution in [3.05, 3.63) is 46.7 Å². The van der Waals surface area contributed by atoms with Gasteiger partial charge in [-0.1, -0.05) is 25.4 Å². The Labute approximate surface area is 161 Å². The predicted octanol–water partition coefficient (Wildman–Crippen LogP) is 4.68. The highest BCUT2D eigenvalue weighted by Gasteiger charge is 2.29. The zero-order chi connectivity index (χ0) is 19.1.